The van der Waals surface area contributed by atoms with Crippen molar-refractivity contribution in [1.82, 2.24) is 10.2 Å². The number of piperidine rings is 1. The van der Waals surface area contributed by atoms with E-state index in [9.17, 15) is 4.79 Å². The third-order valence-corrected chi connectivity index (χ3v) is 4.46. The number of hydrogen-bond donors (Lipinski definition) is 2. The lowest BCUT2D eigenvalue weighted by Gasteiger charge is -2.37. The number of likely N-dealkylation sites (tertiary alicyclic amines) is 1. The molecule has 0 saturated carbocycles. The van der Waals surface area contributed by atoms with Crippen molar-refractivity contribution in [3.05, 3.63) is 0 Å². The number of hydrogen-bond acceptors (Lipinski definition) is 3. The number of carbonyl (C=O) groups excluding carboxylic acids is 1. The Bertz CT molecular complexity index is 287. The van der Waals surface area contributed by atoms with Crippen LogP contribution in [0.1, 0.15) is 39.0 Å². The molecule has 18 heavy (non-hydrogen) atoms. The third-order valence-electron chi connectivity index (χ3n) is 4.46. The van der Waals surface area contributed by atoms with Crippen molar-refractivity contribution in [2.45, 2.75) is 39.0 Å². The Balaban J connectivity index is 1.77. The molecular formula is C14H27N3O. The zero-order valence-electron chi connectivity index (χ0n) is 11.6. The van der Waals surface area contributed by atoms with Gasteiger partial charge in [0.15, 0.2) is 0 Å². The highest BCUT2D eigenvalue weighted by Crippen LogP contribution is 2.29. The van der Waals surface area contributed by atoms with Gasteiger partial charge >= 0.3 is 0 Å². The maximum Gasteiger partial charge on any atom is 0.217 e. The zero-order valence-corrected chi connectivity index (χ0v) is 11.6. The number of nitrogens with two attached hydrogens (primary N) is 1. The summed E-state index contributed by atoms with van der Waals surface area (Å²) >= 11 is 0. The SMILES string of the molecule is CC1(CN2CCCC(CCC(N)=O)C2)CCNC1. The summed E-state index contributed by atoms with van der Waals surface area (Å²) in [7, 11) is 0. The summed E-state index contributed by atoms with van der Waals surface area (Å²) in [4.78, 5) is 13.5. The summed E-state index contributed by atoms with van der Waals surface area (Å²) in [6, 6.07) is 0. The van der Waals surface area contributed by atoms with Crippen LogP contribution in [0.5, 0.6) is 0 Å². The second-order valence-electron chi connectivity index (χ2n) is 6.49. The molecule has 2 fully saturated rings. The van der Waals surface area contributed by atoms with E-state index in [0.717, 1.165) is 26.1 Å². The Morgan fingerprint density at radius 2 is 2.39 bits per heavy atom. The summed E-state index contributed by atoms with van der Waals surface area (Å²) in [5.74, 6) is 0.517. The van der Waals surface area contributed by atoms with Gasteiger partial charge in [0.1, 0.15) is 0 Å². The molecule has 0 aliphatic carbocycles. The van der Waals surface area contributed by atoms with E-state index in [2.05, 4.69) is 17.1 Å². The van der Waals surface area contributed by atoms with Gasteiger partial charge in [-0.25, -0.2) is 0 Å². The van der Waals surface area contributed by atoms with Gasteiger partial charge in [0.05, 0.1) is 0 Å². The number of primary amides is 1. The molecule has 0 aromatic rings. The molecule has 0 bridgehead atoms. The summed E-state index contributed by atoms with van der Waals surface area (Å²) in [5, 5.41) is 3.47. The molecule has 2 unspecified atom stereocenters. The van der Waals surface area contributed by atoms with Crippen LogP contribution in [0.2, 0.25) is 0 Å². The van der Waals surface area contributed by atoms with Gasteiger partial charge in [0, 0.05) is 26.1 Å². The molecule has 4 heteroatoms. The van der Waals surface area contributed by atoms with Gasteiger partial charge in [0.2, 0.25) is 5.91 Å². The number of nitrogens with zero attached hydrogens (tertiary/aromatic N) is 1. The molecule has 2 rings (SSSR count). The quantitative estimate of drug-likeness (QED) is 0.767. The summed E-state index contributed by atoms with van der Waals surface area (Å²) in [6.45, 7) is 8.28. The molecule has 0 radical (unpaired) electrons. The molecule has 104 valence electrons. The minimum atomic E-state index is -0.154. The van der Waals surface area contributed by atoms with Crippen LogP contribution in [-0.2, 0) is 4.79 Å². The van der Waals surface area contributed by atoms with Crippen LogP contribution in [0.25, 0.3) is 0 Å². The molecule has 0 spiro atoms. The predicted octanol–water partition coefficient (Wildman–Crippen LogP) is 0.964. The second-order valence-corrected chi connectivity index (χ2v) is 6.49. The van der Waals surface area contributed by atoms with Crippen LogP contribution in [0, 0.1) is 11.3 Å². The Hall–Kier alpha value is -0.610. The van der Waals surface area contributed by atoms with Crippen molar-refractivity contribution in [3.8, 4) is 0 Å². The van der Waals surface area contributed by atoms with Gasteiger partial charge in [-0.3, -0.25) is 4.79 Å². The van der Waals surface area contributed by atoms with Crippen LogP contribution in [-0.4, -0.2) is 43.5 Å². The highest BCUT2D eigenvalue weighted by Gasteiger charge is 2.32. The van der Waals surface area contributed by atoms with Crippen molar-refractivity contribution < 1.29 is 4.79 Å². The third kappa shape index (κ3) is 3.95. The van der Waals surface area contributed by atoms with E-state index in [1.807, 2.05) is 0 Å². The molecule has 0 aromatic carbocycles. The summed E-state index contributed by atoms with van der Waals surface area (Å²) in [6.07, 6.45) is 5.35. The number of rotatable bonds is 5. The molecule has 4 nitrogen and oxygen atoms in total. The van der Waals surface area contributed by atoms with E-state index >= 15 is 0 Å². The molecule has 1 amide bonds. The van der Waals surface area contributed by atoms with Gasteiger partial charge < -0.3 is 16.0 Å². The van der Waals surface area contributed by atoms with E-state index < -0.39 is 0 Å². The highest BCUT2D eigenvalue weighted by molar-refractivity contribution is 5.73. The van der Waals surface area contributed by atoms with E-state index in [1.54, 1.807) is 0 Å². The molecule has 2 aliphatic rings. The first-order valence-corrected chi connectivity index (χ1v) is 7.29. The topological polar surface area (TPSA) is 58.4 Å². The predicted molar refractivity (Wildman–Crippen MR) is 73.2 cm³/mol. The Morgan fingerprint density at radius 3 is 3.06 bits per heavy atom. The van der Waals surface area contributed by atoms with Crippen molar-refractivity contribution in [3.63, 3.8) is 0 Å². The first-order chi connectivity index (χ1) is 8.57. The van der Waals surface area contributed by atoms with Crippen molar-refractivity contribution in [1.29, 1.82) is 0 Å². The Labute approximate surface area is 110 Å². The van der Waals surface area contributed by atoms with Crippen LogP contribution in [0.4, 0.5) is 0 Å². The fourth-order valence-electron chi connectivity index (χ4n) is 3.42. The minimum absolute atomic E-state index is 0.154. The number of nitrogens with one attached hydrogen (secondary N) is 1. The fraction of sp³-hybridized carbons (Fsp3) is 0.929. The number of amides is 1. The molecule has 2 saturated heterocycles. The van der Waals surface area contributed by atoms with E-state index in [4.69, 9.17) is 5.73 Å². The van der Waals surface area contributed by atoms with Crippen LogP contribution < -0.4 is 11.1 Å². The first kappa shape index (κ1) is 13.8. The lowest BCUT2D eigenvalue weighted by atomic mass is 9.86. The highest BCUT2D eigenvalue weighted by atomic mass is 16.1. The maximum atomic E-state index is 10.9. The van der Waals surface area contributed by atoms with E-state index in [0.29, 0.717) is 17.8 Å². The lowest BCUT2D eigenvalue weighted by Crippen LogP contribution is -2.43. The summed E-state index contributed by atoms with van der Waals surface area (Å²) < 4.78 is 0. The maximum absolute atomic E-state index is 10.9. The smallest absolute Gasteiger partial charge is 0.217 e. The Kier molecular flexibility index (Phi) is 4.62. The standard InChI is InChI=1S/C14H27N3O/c1-14(6-7-16-10-14)11-17-8-2-3-12(9-17)4-5-13(15)18/h12,16H,2-11H2,1H3,(H2,15,18). The number of carbonyl (C=O) groups is 1. The van der Waals surface area contributed by atoms with E-state index in [-0.39, 0.29) is 5.91 Å². The zero-order chi connectivity index (χ0) is 13.0. The normalized spacial score (nSPS) is 33.7. The van der Waals surface area contributed by atoms with Gasteiger partial charge in [-0.1, -0.05) is 6.92 Å². The molecule has 2 heterocycles. The van der Waals surface area contributed by atoms with Crippen LogP contribution in [0.3, 0.4) is 0 Å². The Morgan fingerprint density at radius 1 is 1.56 bits per heavy atom. The average Bonchev–Trinajstić information content (AvgIpc) is 2.73. The lowest BCUT2D eigenvalue weighted by molar-refractivity contribution is -0.118. The fourth-order valence-corrected chi connectivity index (χ4v) is 3.42. The first-order valence-electron chi connectivity index (χ1n) is 7.29. The molecular weight excluding hydrogens is 226 g/mol. The van der Waals surface area contributed by atoms with Crippen molar-refractivity contribution >= 4 is 5.91 Å². The molecule has 0 aromatic heterocycles. The van der Waals surface area contributed by atoms with Gasteiger partial charge in [-0.2, -0.15) is 0 Å². The van der Waals surface area contributed by atoms with Crippen LogP contribution in [0.15, 0.2) is 0 Å². The van der Waals surface area contributed by atoms with E-state index in [1.165, 1.54) is 32.4 Å². The monoisotopic (exact) mass is 253 g/mol. The molecule has 2 aliphatic heterocycles. The van der Waals surface area contributed by atoms with Crippen LogP contribution >= 0.6 is 0 Å². The summed E-state index contributed by atoms with van der Waals surface area (Å²) in [5.41, 5.74) is 5.69. The molecule has 3 N–H and O–H groups in total. The largest absolute Gasteiger partial charge is 0.370 e. The van der Waals surface area contributed by atoms with Gasteiger partial charge in [-0.15, -0.1) is 0 Å². The van der Waals surface area contributed by atoms with Gasteiger partial charge in [0.25, 0.3) is 0 Å². The van der Waals surface area contributed by atoms with Gasteiger partial charge in [-0.05, 0) is 50.1 Å². The van der Waals surface area contributed by atoms with Crippen molar-refractivity contribution in [2.24, 2.45) is 17.1 Å². The van der Waals surface area contributed by atoms with Crippen molar-refractivity contribution in [2.75, 3.05) is 32.7 Å². The molecule has 2 atom stereocenters. The minimum Gasteiger partial charge on any atom is -0.370 e. The second kappa shape index (κ2) is 6.02. The average molecular weight is 253 g/mol.